The molecule has 4 heterocycles. The summed E-state index contributed by atoms with van der Waals surface area (Å²) < 4.78 is 0. The van der Waals surface area contributed by atoms with E-state index in [1.165, 1.54) is 0 Å². The summed E-state index contributed by atoms with van der Waals surface area (Å²) in [6.45, 7) is 3.27. The Labute approximate surface area is 223 Å². The Bertz CT molecular complexity index is 1170. The second kappa shape index (κ2) is 11.3. The molecular weight excluding hydrogens is 482 g/mol. The Kier molecular flexibility index (Phi) is 7.72. The first kappa shape index (κ1) is 25.9. The van der Waals surface area contributed by atoms with Gasteiger partial charge in [0, 0.05) is 44.7 Å². The van der Waals surface area contributed by atoms with Crippen molar-refractivity contribution in [2.75, 3.05) is 19.6 Å². The highest BCUT2D eigenvalue weighted by molar-refractivity contribution is 5.93. The smallest absolute Gasteiger partial charge is 0.272 e. The summed E-state index contributed by atoms with van der Waals surface area (Å²) >= 11 is 0. The minimum absolute atomic E-state index is 0.0872. The van der Waals surface area contributed by atoms with Crippen LogP contribution >= 0.6 is 0 Å². The van der Waals surface area contributed by atoms with Crippen molar-refractivity contribution in [2.45, 2.75) is 57.2 Å². The second-order valence-corrected chi connectivity index (χ2v) is 10.8. The van der Waals surface area contributed by atoms with Gasteiger partial charge in [0.25, 0.3) is 5.91 Å². The van der Waals surface area contributed by atoms with Gasteiger partial charge in [-0.05, 0) is 55.7 Å². The van der Waals surface area contributed by atoms with Gasteiger partial charge >= 0.3 is 0 Å². The number of fused-ring (bicyclic) bond motifs is 4. The summed E-state index contributed by atoms with van der Waals surface area (Å²) in [4.78, 5) is 60.9. The van der Waals surface area contributed by atoms with Crippen molar-refractivity contribution in [1.29, 1.82) is 0 Å². The zero-order valence-corrected chi connectivity index (χ0v) is 21.7. The quantitative estimate of drug-likeness (QED) is 0.645. The van der Waals surface area contributed by atoms with Crippen molar-refractivity contribution < 1.29 is 19.2 Å². The molecule has 0 unspecified atom stereocenters. The van der Waals surface area contributed by atoms with Gasteiger partial charge in [-0.1, -0.05) is 36.4 Å². The number of benzene rings is 1. The fourth-order valence-corrected chi connectivity index (χ4v) is 6.19. The molecule has 4 amide bonds. The van der Waals surface area contributed by atoms with E-state index in [2.05, 4.69) is 15.6 Å². The Morgan fingerprint density at radius 3 is 2.55 bits per heavy atom. The van der Waals surface area contributed by atoms with E-state index in [0.717, 1.165) is 12.0 Å². The lowest BCUT2D eigenvalue weighted by Gasteiger charge is -2.51. The van der Waals surface area contributed by atoms with Crippen LogP contribution in [0.25, 0.3) is 0 Å². The fourth-order valence-electron chi connectivity index (χ4n) is 6.19. The van der Waals surface area contributed by atoms with E-state index in [-0.39, 0.29) is 47.9 Å². The zero-order valence-electron chi connectivity index (χ0n) is 21.7. The molecule has 5 atom stereocenters. The lowest BCUT2D eigenvalue weighted by molar-refractivity contribution is -0.145. The first-order valence-electron chi connectivity index (χ1n) is 13.5. The normalized spacial score (nSPS) is 28.3. The minimum Gasteiger partial charge on any atom is -0.345 e. The monoisotopic (exact) mass is 517 g/mol. The molecule has 3 saturated heterocycles. The largest absolute Gasteiger partial charge is 0.345 e. The molecule has 200 valence electrons. The SMILES string of the molecule is C[C@H]1NC(=O)CCC[C@H]2[C@@H]3C[C@@H](CN(C(=O)c4ccccn4)C3)CN2C(=O)[C@H](Cc2ccccc2)NC1=O. The maximum absolute atomic E-state index is 14.1. The van der Waals surface area contributed by atoms with Crippen LogP contribution in [0.2, 0.25) is 0 Å². The summed E-state index contributed by atoms with van der Waals surface area (Å²) in [5.74, 6) is -0.479. The van der Waals surface area contributed by atoms with Gasteiger partial charge in [-0.15, -0.1) is 0 Å². The highest BCUT2D eigenvalue weighted by Crippen LogP contribution is 2.36. The van der Waals surface area contributed by atoms with Gasteiger partial charge in [0.2, 0.25) is 17.7 Å². The third-order valence-electron chi connectivity index (χ3n) is 7.99. The molecule has 5 rings (SSSR count). The van der Waals surface area contributed by atoms with Gasteiger partial charge in [-0.3, -0.25) is 24.2 Å². The number of hydrogen-bond donors (Lipinski definition) is 2. The third kappa shape index (κ3) is 5.71. The van der Waals surface area contributed by atoms with Crippen LogP contribution in [0.15, 0.2) is 54.7 Å². The molecule has 1 aromatic heterocycles. The number of amides is 4. The van der Waals surface area contributed by atoms with E-state index in [0.29, 0.717) is 44.6 Å². The first-order valence-corrected chi connectivity index (χ1v) is 13.5. The van der Waals surface area contributed by atoms with Crippen LogP contribution in [-0.2, 0) is 20.8 Å². The number of pyridine rings is 1. The van der Waals surface area contributed by atoms with Crippen LogP contribution < -0.4 is 10.6 Å². The van der Waals surface area contributed by atoms with Gasteiger partial charge in [0.15, 0.2) is 0 Å². The third-order valence-corrected chi connectivity index (χ3v) is 7.99. The predicted octanol–water partition coefficient (Wildman–Crippen LogP) is 1.79. The van der Waals surface area contributed by atoms with Crippen LogP contribution in [0.1, 0.15) is 48.7 Å². The number of aromatic nitrogens is 1. The van der Waals surface area contributed by atoms with Gasteiger partial charge in [-0.25, -0.2) is 0 Å². The van der Waals surface area contributed by atoms with Crippen molar-refractivity contribution in [3.63, 3.8) is 0 Å². The van der Waals surface area contributed by atoms with Crippen molar-refractivity contribution in [2.24, 2.45) is 11.8 Å². The van der Waals surface area contributed by atoms with Crippen LogP contribution in [-0.4, -0.2) is 76.2 Å². The van der Waals surface area contributed by atoms with Crippen molar-refractivity contribution >= 4 is 23.6 Å². The van der Waals surface area contributed by atoms with Crippen molar-refractivity contribution in [1.82, 2.24) is 25.4 Å². The van der Waals surface area contributed by atoms with Crippen molar-refractivity contribution in [3.05, 3.63) is 66.0 Å². The molecule has 3 aliphatic rings. The van der Waals surface area contributed by atoms with E-state index in [1.807, 2.05) is 46.2 Å². The number of nitrogens with zero attached hydrogens (tertiary/aromatic N) is 3. The maximum Gasteiger partial charge on any atom is 0.272 e. The molecule has 2 aromatic rings. The zero-order chi connectivity index (χ0) is 26.6. The van der Waals surface area contributed by atoms with Gasteiger partial charge in [0.1, 0.15) is 17.8 Å². The van der Waals surface area contributed by atoms with Crippen LogP contribution in [0.4, 0.5) is 0 Å². The number of rotatable bonds is 3. The summed E-state index contributed by atoms with van der Waals surface area (Å²) in [5.41, 5.74) is 1.38. The molecule has 0 radical (unpaired) electrons. The molecule has 1 aromatic carbocycles. The van der Waals surface area contributed by atoms with Crippen LogP contribution in [0.3, 0.4) is 0 Å². The molecule has 0 spiro atoms. The van der Waals surface area contributed by atoms with E-state index in [4.69, 9.17) is 0 Å². The number of carbonyl (C=O) groups excluding carboxylic acids is 4. The number of hydrogen-bond acceptors (Lipinski definition) is 5. The first-order chi connectivity index (χ1) is 18.4. The number of carbonyl (C=O) groups is 4. The summed E-state index contributed by atoms with van der Waals surface area (Å²) in [7, 11) is 0. The molecule has 9 nitrogen and oxygen atoms in total. The van der Waals surface area contributed by atoms with Crippen LogP contribution in [0.5, 0.6) is 0 Å². The van der Waals surface area contributed by atoms with E-state index in [1.54, 1.807) is 25.3 Å². The number of likely N-dealkylation sites (tertiary alicyclic amines) is 1. The van der Waals surface area contributed by atoms with E-state index < -0.39 is 12.1 Å². The Morgan fingerprint density at radius 1 is 1.00 bits per heavy atom. The van der Waals surface area contributed by atoms with Crippen LogP contribution in [0, 0.1) is 11.8 Å². The van der Waals surface area contributed by atoms with Gasteiger partial charge < -0.3 is 20.4 Å². The summed E-state index contributed by atoms with van der Waals surface area (Å²) in [6, 6.07) is 13.4. The molecular formula is C29H35N5O4. The summed E-state index contributed by atoms with van der Waals surface area (Å²) in [5, 5.41) is 5.70. The molecule has 3 fully saturated rings. The highest BCUT2D eigenvalue weighted by Gasteiger charge is 2.45. The molecule has 38 heavy (non-hydrogen) atoms. The molecule has 0 aliphatic carbocycles. The summed E-state index contributed by atoms with van der Waals surface area (Å²) in [6.07, 6.45) is 4.48. The maximum atomic E-state index is 14.1. The molecule has 0 saturated carbocycles. The average molecular weight is 518 g/mol. The second-order valence-electron chi connectivity index (χ2n) is 10.8. The van der Waals surface area contributed by atoms with Gasteiger partial charge in [-0.2, -0.15) is 0 Å². The Hall–Kier alpha value is -3.75. The van der Waals surface area contributed by atoms with Crippen molar-refractivity contribution in [3.8, 4) is 0 Å². The minimum atomic E-state index is -0.740. The molecule has 2 bridgehead atoms. The molecule has 3 aliphatic heterocycles. The lowest BCUT2D eigenvalue weighted by Crippen LogP contribution is -2.64. The molecule has 2 N–H and O–H groups in total. The predicted molar refractivity (Wildman–Crippen MR) is 141 cm³/mol. The number of piperidine rings is 2. The topological polar surface area (TPSA) is 112 Å². The number of nitrogens with one attached hydrogen (secondary N) is 2. The Morgan fingerprint density at radius 2 is 1.79 bits per heavy atom. The lowest BCUT2D eigenvalue weighted by atomic mass is 9.77. The standard InChI is InChI=1S/C29H35N5O4/c1-19-27(36)32-24(15-20-8-3-2-4-9-20)29(38)34-17-21-14-22(25(34)11-7-12-26(35)31-19)18-33(16-21)28(37)23-10-5-6-13-30-23/h2-6,8-10,13,19,21-22,24-25H,7,11-12,14-18H2,1H3,(H,31,35)(H,32,36)/t19-,21+,22-,24+,25+/m1/s1. The molecule has 9 heteroatoms. The highest BCUT2D eigenvalue weighted by atomic mass is 16.2. The van der Waals surface area contributed by atoms with Gasteiger partial charge in [0.05, 0.1) is 0 Å². The Balaban J connectivity index is 1.41. The van der Waals surface area contributed by atoms with E-state index in [9.17, 15) is 19.2 Å². The average Bonchev–Trinajstić information content (AvgIpc) is 2.93. The van der Waals surface area contributed by atoms with E-state index >= 15 is 0 Å². The fraction of sp³-hybridized carbons (Fsp3) is 0.483.